The number of fused-ring (bicyclic) bond motifs is 1. The highest BCUT2D eigenvalue weighted by Gasteiger charge is 2.24. The lowest BCUT2D eigenvalue weighted by molar-refractivity contribution is 0.0601. The van der Waals surface area contributed by atoms with E-state index in [0.717, 1.165) is 11.4 Å². The summed E-state index contributed by atoms with van der Waals surface area (Å²) in [4.78, 5) is 31.9. The average Bonchev–Trinajstić information content (AvgIpc) is 2.79. The number of anilines is 2. The predicted octanol–water partition coefficient (Wildman–Crippen LogP) is 5.00. The van der Waals surface area contributed by atoms with Gasteiger partial charge in [-0.05, 0) is 42.5 Å². The largest absolute Gasteiger partial charge is 0.465 e. The van der Waals surface area contributed by atoms with E-state index in [1.54, 1.807) is 29.3 Å². The molecule has 1 heterocycles. The average molecular weight is 382 g/mol. The summed E-state index contributed by atoms with van der Waals surface area (Å²) >= 11 is 0. The zero-order valence-electron chi connectivity index (χ0n) is 15.8. The van der Waals surface area contributed by atoms with Gasteiger partial charge in [0.1, 0.15) is 0 Å². The van der Waals surface area contributed by atoms with E-state index >= 15 is 0 Å². The molecule has 3 aromatic carbocycles. The van der Waals surface area contributed by atoms with Crippen LogP contribution in [0.15, 0.2) is 91.1 Å². The van der Waals surface area contributed by atoms with E-state index in [9.17, 15) is 9.59 Å². The van der Waals surface area contributed by atoms with Crippen LogP contribution < -0.4 is 4.90 Å². The van der Waals surface area contributed by atoms with Crippen LogP contribution in [-0.4, -0.2) is 24.0 Å². The first-order valence-corrected chi connectivity index (χ1v) is 9.10. The molecule has 0 unspecified atom stereocenters. The second-order valence-electron chi connectivity index (χ2n) is 6.40. The number of amides is 1. The maximum Gasteiger partial charge on any atom is 0.337 e. The molecule has 0 saturated heterocycles. The molecule has 0 N–H and O–H groups in total. The predicted molar refractivity (Wildman–Crippen MR) is 112 cm³/mol. The molecule has 1 aromatic heterocycles. The zero-order chi connectivity index (χ0) is 20.2. The Kier molecular flexibility index (Phi) is 5.03. The fourth-order valence-corrected chi connectivity index (χ4v) is 3.25. The van der Waals surface area contributed by atoms with Crippen molar-refractivity contribution in [3.05, 3.63) is 102 Å². The monoisotopic (exact) mass is 382 g/mol. The third-order valence-corrected chi connectivity index (χ3v) is 4.59. The van der Waals surface area contributed by atoms with Crippen molar-refractivity contribution >= 4 is 34.2 Å². The quantitative estimate of drug-likeness (QED) is 0.466. The van der Waals surface area contributed by atoms with Crippen molar-refractivity contribution in [1.82, 2.24) is 4.98 Å². The van der Waals surface area contributed by atoms with Crippen molar-refractivity contribution in [3.8, 4) is 0 Å². The minimum atomic E-state index is -0.504. The Morgan fingerprint density at radius 2 is 1.45 bits per heavy atom. The van der Waals surface area contributed by atoms with Crippen LogP contribution in [0.1, 0.15) is 20.7 Å². The number of rotatable bonds is 4. The van der Waals surface area contributed by atoms with Gasteiger partial charge in [0.05, 0.1) is 23.8 Å². The summed E-state index contributed by atoms with van der Waals surface area (Å²) in [5, 5.41) is 0.694. The normalized spacial score (nSPS) is 10.5. The summed E-state index contributed by atoms with van der Waals surface area (Å²) in [5.41, 5.74) is 2.60. The minimum Gasteiger partial charge on any atom is -0.465 e. The van der Waals surface area contributed by atoms with Crippen LogP contribution in [0.25, 0.3) is 10.9 Å². The second kappa shape index (κ2) is 7.94. The first kappa shape index (κ1) is 18.4. The van der Waals surface area contributed by atoms with Crippen molar-refractivity contribution < 1.29 is 14.3 Å². The van der Waals surface area contributed by atoms with E-state index in [2.05, 4.69) is 4.98 Å². The number of ether oxygens (including phenoxy) is 1. The molecule has 5 heteroatoms. The number of nitrogens with zero attached hydrogens (tertiary/aromatic N) is 2. The van der Waals surface area contributed by atoms with Crippen LogP contribution >= 0.6 is 0 Å². The lowest BCUT2D eigenvalue weighted by atomic mass is 10.0. The van der Waals surface area contributed by atoms with Crippen LogP contribution in [0.2, 0.25) is 0 Å². The van der Waals surface area contributed by atoms with Crippen molar-refractivity contribution in [2.24, 2.45) is 0 Å². The van der Waals surface area contributed by atoms with E-state index in [1.807, 2.05) is 66.7 Å². The van der Waals surface area contributed by atoms with Crippen LogP contribution in [0.4, 0.5) is 11.4 Å². The first-order valence-electron chi connectivity index (χ1n) is 9.10. The van der Waals surface area contributed by atoms with Crippen LogP contribution in [-0.2, 0) is 4.74 Å². The number of hydrogen-bond acceptors (Lipinski definition) is 4. The number of hydrogen-bond donors (Lipinski definition) is 0. The van der Waals surface area contributed by atoms with E-state index in [0.29, 0.717) is 22.0 Å². The van der Waals surface area contributed by atoms with Gasteiger partial charge in [-0.15, -0.1) is 0 Å². The Morgan fingerprint density at radius 1 is 0.828 bits per heavy atom. The van der Waals surface area contributed by atoms with Crippen LogP contribution in [0.3, 0.4) is 0 Å². The highest BCUT2D eigenvalue weighted by molar-refractivity contribution is 6.17. The van der Waals surface area contributed by atoms with Gasteiger partial charge in [-0.2, -0.15) is 0 Å². The van der Waals surface area contributed by atoms with Gasteiger partial charge >= 0.3 is 5.97 Å². The van der Waals surface area contributed by atoms with Gasteiger partial charge in [0.15, 0.2) is 0 Å². The first-order chi connectivity index (χ1) is 14.2. The summed E-state index contributed by atoms with van der Waals surface area (Å²) in [7, 11) is 1.32. The third kappa shape index (κ3) is 3.58. The smallest absolute Gasteiger partial charge is 0.337 e. The van der Waals surface area contributed by atoms with E-state index < -0.39 is 5.97 Å². The van der Waals surface area contributed by atoms with Gasteiger partial charge in [0.2, 0.25) is 0 Å². The van der Waals surface area contributed by atoms with E-state index in [1.165, 1.54) is 7.11 Å². The Labute approximate surface area is 168 Å². The molecule has 142 valence electrons. The van der Waals surface area contributed by atoms with Crippen LogP contribution in [0, 0.1) is 0 Å². The molecule has 1 amide bonds. The van der Waals surface area contributed by atoms with Gasteiger partial charge < -0.3 is 4.74 Å². The molecular weight excluding hydrogens is 364 g/mol. The molecule has 0 aliphatic heterocycles. The Morgan fingerprint density at radius 3 is 2.03 bits per heavy atom. The number of esters is 1. The molecule has 0 aliphatic carbocycles. The number of benzene rings is 3. The summed E-state index contributed by atoms with van der Waals surface area (Å²) < 4.78 is 4.87. The lowest BCUT2D eigenvalue weighted by Crippen LogP contribution is -2.26. The maximum atomic E-state index is 13.8. The SMILES string of the molecule is COC(=O)c1cc(C(=O)N(c2ccccc2)c2ccccc2)c2ncccc2c1. The second-order valence-corrected chi connectivity index (χ2v) is 6.40. The molecule has 4 aromatic rings. The summed E-state index contributed by atoms with van der Waals surface area (Å²) in [6.45, 7) is 0. The molecule has 0 atom stereocenters. The van der Waals surface area contributed by atoms with Crippen molar-refractivity contribution in [3.63, 3.8) is 0 Å². The number of pyridine rings is 1. The van der Waals surface area contributed by atoms with Gasteiger partial charge in [0, 0.05) is 23.0 Å². The van der Waals surface area contributed by atoms with Gasteiger partial charge in [0.25, 0.3) is 5.91 Å². The van der Waals surface area contributed by atoms with Gasteiger partial charge in [-0.25, -0.2) is 4.79 Å². The number of para-hydroxylation sites is 2. The Bertz CT molecular complexity index is 1140. The Hall–Kier alpha value is -3.99. The molecule has 4 rings (SSSR count). The fourth-order valence-electron chi connectivity index (χ4n) is 3.25. The number of carbonyl (C=O) groups excluding carboxylic acids is 2. The van der Waals surface area contributed by atoms with Crippen molar-refractivity contribution in [2.45, 2.75) is 0 Å². The summed E-state index contributed by atoms with van der Waals surface area (Å²) in [6.07, 6.45) is 1.63. The van der Waals surface area contributed by atoms with E-state index in [4.69, 9.17) is 4.74 Å². The Balaban J connectivity index is 1.93. The highest BCUT2D eigenvalue weighted by Crippen LogP contribution is 2.30. The standard InChI is InChI=1S/C24H18N2O3/c1-29-24(28)18-15-17-9-8-14-25-22(17)21(16-18)23(27)26(19-10-4-2-5-11-19)20-12-6-3-7-13-20/h2-16H,1H3. The molecule has 29 heavy (non-hydrogen) atoms. The molecule has 5 nitrogen and oxygen atoms in total. The maximum absolute atomic E-state index is 13.8. The van der Waals surface area contributed by atoms with Gasteiger partial charge in [-0.3, -0.25) is 14.7 Å². The van der Waals surface area contributed by atoms with Crippen molar-refractivity contribution in [1.29, 1.82) is 0 Å². The molecule has 0 bridgehead atoms. The zero-order valence-corrected chi connectivity index (χ0v) is 15.8. The highest BCUT2D eigenvalue weighted by atomic mass is 16.5. The number of methoxy groups -OCH3 is 1. The molecule has 0 fully saturated rings. The topological polar surface area (TPSA) is 59.5 Å². The van der Waals surface area contributed by atoms with Crippen LogP contribution in [0.5, 0.6) is 0 Å². The molecule has 0 spiro atoms. The molecular formula is C24H18N2O3. The van der Waals surface area contributed by atoms with Crippen molar-refractivity contribution in [2.75, 3.05) is 12.0 Å². The fraction of sp³-hybridized carbons (Fsp3) is 0.0417. The molecule has 0 radical (unpaired) electrons. The number of aromatic nitrogens is 1. The number of carbonyl (C=O) groups is 2. The van der Waals surface area contributed by atoms with E-state index in [-0.39, 0.29) is 5.91 Å². The molecule has 0 saturated carbocycles. The minimum absolute atomic E-state index is 0.281. The summed E-state index contributed by atoms with van der Waals surface area (Å²) in [6, 6.07) is 25.6. The van der Waals surface area contributed by atoms with Gasteiger partial charge in [-0.1, -0.05) is 42.5 Å². The summed E-state index contributed by atoms with van der Waals surface area (Å²) in [5.74, 6) is -0.785. The lowest BCUT2D eigenvalue weighted by Gasteiger charge is -2.24. The molecule has 0 aliphatic rings. The third-order valence-electron chi connectivity index (χ3n) is 4.59.